The molecular formula is C19H25N5O4. The number of imide groups is 1. The van der Waals surface area contributed by atoms with Crippen molar-refractivity contribution in [2.24, 2.45) is 0 Å². The number of rotatable bonds is 5. The van der Waals surface area contributed by atoms with Crippen LogP contribution in [-0.2, 0) is 11.3 Å². The van der Waals surface area contributed by atoms with Gasteiger partial charge in [-0.25, -0.2) is 4.79 Å². The molecule has 9 heteroatoms. The van der Waals surface area contributed by atoms with Crippen molar-refractivity contribution in [3.63, 3.8) is 0 Å². The summed E-state index contributed by atoms with van der Waals surface area (Å²) in [7, 11) is 2.08. The summed E-state index contributed by atoms with van der Waals surface area (Å²) in [5.41, 5.74) is 0.0225. The van der Waals surface area contributed by atoms with Crippen LogP contribution in [0.15, 0.2) is 18.2 Å². The second-order valence-corrected chi connectivity index (χ2v) is 7.95. The molecule has 150 valence electrons. The van der Waals surface area contributed by atoms with Crippen molar-refractivity contribution < 1.29 is 19.5 Å². The molecule has 1 aromatic rings. The van der Waals surface area contributed by atoms with Gasteiger partial charge in [0.25, 0.3) is 11.8 Å². The zero-order chi connectivity index (χ0) is 19.9. The molecule has 0 aromatic heterocycles. The van der Waals surface area contributed by atoms with Crippen LogP contribution in [0.2, 0.25) is 0 Å². The fraction of sp³-hybridized carbons (Fsp3) is 0.526. The van der Waals surface area contributed by atoms with Gasteiger partial charge < -0.3 is 25.5 Å². The predicted molar refractivity (Wildman–Crippen MR) is 101 cm³/mol. The molecule has 3 aliphatic heterocycles. The monoisotopic (exact) mass is 387 g/mol. The molecule has 4 amide bonds. The fourth-order valence-electron chi connectivity index (χ4n) is 4.17. The molecule has 3 heterocycles. The van der Waals surface area contributed by atoms with Crippen molar-refractivity contribution in [1.82, 2.24) is 25.8 Å². The molecule has 9 nitrogen and oxygen atoms in total. The highest BCUT2D eigenvalue weighted by Gasteiger charge is 2.49. The Labute approximate surface area is 163 Å². The van der Waals surface area contributed by atoms with Gasteiger partial charge in [0.2, 0.25) is 0 Å². The number of urea groups is 1. The van der Waals surface area contributed by atoms with E-state index in [9.17, 15) is 19.5 Å². The summed E-state index contributed by atoms with van der Waals surface area (Å²) in [5.74, 6) is -0.536. The van der Waals surface area contributed by atoms with Gasteiger partial charge in [0.15, 0.2) is 5.54 Å². The molecule has 3 aliphatic rings. The number of hydrogen-bond donors (Lipinski definition) is 4. The first-order valence-corrected chi connectivity index (χ1v) is 9.53. The lowest BCUT2D eigenvalue weighted by Crippen LogP contribution is -2.62. The summed E-state index contributed by atoms with van der Waals surface area (Å²) in [4.78, 5) is 41.0. The number of nitrogens with zero attached hydrogens (tertiary/aromatic N) is 2. The lowest BCUT2D eigenvalue weighted by Gasteiger charge is -2.35. The van der Waals surface area contributed by atoms with Crippen LogP contribution < -0.4 is 16.0 Å². The minimum atomic E-state index is -1.21. The number of hydrogen-bond acceptors (Lipinski definition) is 6. The number of benzene rings is 1. The van der Waals surface area contributed by atoms with Crippen molar-refractivity contribution in [2.45, 2.75) is 31.0 Å². The summed E-state index contributed by atoms with van der Waals surface area (Å²) in [6.07, 6.45) is 1.94. The molecule has 0 radical (unpaired) electrons. The smallest absolute Gasteiger partial charge is 0.322 e. The Balaban J connectivity index is 1.49. The van der Waals surface area contributed by atoms with Crippen molar-refractivity contribution in [2.75, 3.05) is 33.2 Å². The van der Waals surface area contributed by atoms with E-state index >= 15 is 0 Å². The number of aromatic hydroxyl groups is 1. The zero-order valence-corrected chi connectivity index (χ0v) is 15.8. The Bertz CT molecular complexity index is 821. The molecule has 2 saturated heterocycles. The highest BCUT2D eigenvalue weighted by molar-refractivity contribution is 6.08. The summed E-state index contributed by atoms with van der Waals surface area (Å²) in [6.45, 7) is 2.57. The Morgan fingerprint density at radius 1 is 1.25 bits per heavy atom. The van der Waals surface area contributed by atoms with Crippen molar-refractivity contribution in [3.05, 3.63) is 29.3 Å². The maximum atomic E-state index is 12.7. The Morgan fingerprint density at radius 2 is 2.00 bits per heavy atom. The maximum absolute atomic E-state index is 12.7. The van der Waals surface area contributed by atoms with Crippen LogP contribution in [0.3, 0.4) is 0 Å². The number of likely N-dealkylation sites (tertiary alicyclic amines) is 1. The van der Waals surface area contributed by atoms with Crippen LogP contribution in [-0.4, -0.2) is 77.6 Å². The normalized spacial score (nSPS) is 25.8. The van der Waals surface area contributed by atoms with Crippen LogP contribution in [0.25, 0.3) is 0 Å². The molecule has 1 atom stereocenters. The van der Waals surface area contributed by atoms with Gasteiger partial charge in [-0.3, -0.25) is 14.9 Å². The van der Waals surface area contributed by atoms with Crippen molar-refractivity contribution in [3.8, 4) is 5.75 Å². The summed E-state index contributed by atoms with van der Waals surface area (Å²) in [6, 6.07) is 4.34. The van der Waals surface area contributed by atoms with Gasteiger partial charge in [-0.2, -0.15) is 0 Å². The third-order valence-electron chi connectivity index (χ3n) is 5.85. The minimum absolute atomic E-state index is 0.0679. The van der Waals surface area contributed by atoms with E-state index in [1.807, 2.05) is 0 Å². The van der Waals surface area contributed by atoms with E-state index in [4.69, 9.17) is 0 Å². The third kappa shape index (κ3) is 3.43. The number of phenols is 1. The molecule has 0 bridgehead atoms. The molecular weight excluding hydrogens is 362 g/mol. The third-order valence-corrected chi connectivity index (χ3v) is 5.85. The van der Waals surface area contributed by atoms with E-state index in [-0.39, 0.29) is 30.8 Å². The largest absolute Gasteiger partial charge is 0.508 e. The Morgan fingerprint density at radius 3 is 2.68 bits per heavy atom. The minimum Gasteiger partial charge on any atom is -0.508 e. The van der Waals surface area contributed by atoms with Crippen LogP contribution in [0, 0.1) is 0 Å². The van der Waals surface area contributed by atoms with Gasteiger partial charge in [-0.05, 0) is 56.7 Å². The molecule has 1 unspecified atom stereocenters. The van der Waals surface area contributed by atoms with Gasteiger partial charge in [0.1, 0.15) is 5.75 Å². The highest BCUT2D eigenvalue weighted by atomic mass is 16.3. The Hall–Kier alpha value is -2.65. The maximum Gasteiger partial charge on any atom is 0.322 e. The zero-order valence-electron chi connectivity index (χ0n) is 15.8. The van der Waals surface area contributed by atoms with E-state index < -0.39 is 17.5 Å². The molecule has 0 aliphatic carbocycles. The number of carbonyl (C=O) groups excluding carboxylic acids is 3. The first-order chi connectivity index (χ1) is 13.4. The first-order valence-electron chi connectivity index (χ1n) is 9.53. The average Bonchev–Trinajstić information content (AvgIpc) is 3.10. The van der Waals surface area contributed by atoms with Gasteiger partial charge >= 0.3 is 6.03 Å². The molecule has 0 saturated carbocycles. The van der Waals surface area contributed by atoms with Crippen LogP contribution in [0.4, 0.5) is 4.79 Å². The number of nitrogens with one attached hydrogen (secondary N) is 3. The average molecular weight is 387 g/mol. The van der Waals surface area contributed by atoms with Crippen LogP contribution in [0.1, 0.15) is 28.8 Å². The van der Waals surface area contributed by atoms with Crippen LogP contribution in [0.5, 0.6) is 5.75 Å². The predicted octanol–water partition coefficient (Wildman–Crippen LogP) is -0.390. The van der Waals surface area contributed by atoms with E-state index in [1.54, 1.807) is 17.0 Å². The van der Waals surface area contributed by atoms with Gasteiger partial charge in [-0.15, -0.1) is 0 Å². The standard InChI is InChI=1S/C19H25N5O4/c1-23-6-4-13(5-7-23)20-10-19(17(27)21-18(28)22-19)11-24-9-12-8-14(25)2-3-15(12)16(24)26/h2-3,8,13,20,25H,4-7,9-11H2,1H3,(H2,21,22,27,28). The molecule has 0 spiro atoms. The van der Waals surface area contributed by atoms with Gasteiger partial charge in [0, 0.05) is 24.7 Å². The number of amides is 4. The van der Waals surface area contributed by atoms with E-state index in [1.165, 1.54) is 6.07 Å². The fourth-order valence-corrected chi connectivity index (χ4v) is 4.17. The molecule has 2 fully saturated rings. The van der Waals surface area contributed by atoms with Crippen molar-refractivity contribution in [1.29, 1.82) is 0 Å². The summed E-state index contributed by atoms with van der Waals surface area (Å²) >= 11 is 0. The number of fused-ring (bicyclic) bond motifs is 1. The molecule has 1 aromatic carbocycles. The summed E-state index contributed by atoms with van der Waals surface area (Å²) < 4.78 is 0. The molecule has 28 heavy (non-hydrogen) atoms. The molecule has 4 N–H and O–H groups in total. The number of carbonyl (C=O) groups is 3. The number of piperidine rings is 1. The topological polar surface area (TPSA) is 114 Å². The van der Waals surface area contributed by atoms with E-state index in [0.29, 0.717) is 17.7 Å². The van der Waals surface area contributed by atoms with Crippen LogP contribution >= 0.6 is 0 Å². The SMILES string of the molecule is CN1CCC(NCC2(CN3Cc4cc(O)ccc4C3=O)NC(=O)NC2=O)CC1. The lowest BCUT2D eigenvalue weighted by atomic mass is 9.97. The number of phenolic OH excluding ortho intramolecular Hbond substituents is 1. The van der Waals surface area contributed by atoms with Gasteiger partial charge in [-0.1, -0.05) is 0 Å². The Kier molecular flexibility index (Phi) is 4.72. The second kappa shape index (κ2) is 7.06. The molecule has 4 rings (SSSR count). The lowest BCUT2D eigenvalue weighted by molar-refractivity contribution is -0.124. The second-order valence-electron chi connectivity index (χ2n) is 7.95. The van der Waals surface area contributed by atoms with Crippen molar-refractivity contribution >= 4 is 17.8 Å². The quantitative estimate of drug-likeness (QED) is 0.512. The summed E-state index contributed by atoms with van der Waals surface area (Å²) in [5, 5.41) is 18.1. The van der Waals surface area contributed by atoms with E-state index in [2.05, 4.69) is 27.9 Å². The first kappa shape index (κ1) is 18.7. The van der Waals surface area contributed by atoms with E-state index in [0.717, 1.165) is 25.9 Å². The van der Waals surface area contributed by atoms with Gasteiger partial charge in [0.05, 0.1) is 6.54 Å². The highest BCUT2D eigenvalue weighted by Crippen LogP contribution is 2.28.